The number of benzene rings is 1. The largest absolute Gasteiger partial charge is 0.393 e. The summed E-state index contributed by atoms with van der Waals surface area (Å²) >= 11 is 0. The molecule has 0 radical (unpaired) electrons. The van der Waals surface area contributed by atoms with Crippen molar-refractivity contribution in [2.45, 2.75) is 44.2 Å². The maximum atomic E-state index is 12.5. The van der Waals surface area contributed by atoms with Crippen molar-refractivity contribution in [1.82, 2.24) is 20.4 Å². The molecule has 0 spiro atoms. The van der Waals surface area contributed by atoms with Gasteiger partial charge in [0.15, 0.2) is 0 Å². The summed E-state index contributed by atoms with van der Waals surface area (Å²) in [6.45, 7) is 4.20. The fraction of sp³-hybridized carbons (Fsp3) is 0.500. The maximum Gasteiger partial charge on any atom is 0.271 e. The van der Waals surface area contributed by atoms with Crippen molar-refractivity contribution >= 4 is 5.91 Å². The molecule has 0 aliphatic carbocycles. The summed E-state index contributed by atoms with van der Waals surface area (Å²) in [5, 5.41) is 20.6. The Balaban J connectivity index is 1.60. The molecular weight excluding hydrogens is 328 g/mol. The smallest absolute Gasteiger partial charge is 0.271 e. The highest BCUT2D eigenvalue weighted by Gasteiger charge is 2.19. The van der Waals surface area contributed by atoms with Crippen LogP contribution in [-0.4, -0.2) is 46.5 Å². The molecule has 0 saturated carbocycles. The highest BCUT2D eigenvalue weighted by molar-refractivity contribution is 5.92. The van der Waals surface area contributed by atoms with Crippen molar-refractivity contribution in [3.8, 4) is 0 Å². The highest BCUT2D eigenvalue weighted by atomic mass is 16.3. The Morgan fingerprint density at radius 1 is 1.38 bits per heavy atom. The molecule has 140 valence electrons. The third kappa shape index (κ3) is 4.93. The Morgan fingerprint density at radius 2 is 2.19 bits per heavy atom. The first-order chi connectivity index (χ1) is 12.6. The molecular formula is C20H28N4O2. The number of aliphatic hydroxyl groups is 1. The summed E-state index contributed by atoms with van der Waals surface area (Å²) in [6, 6.07) is 12.1. The standard InChI is InChI=1S/C20H28N4O2/c1-15(25)12-17(16-6-3-2-4-7-16)13-22-20(26)19-9-11-24(23-19)18-8-5-10-21-14-18/h2-4,6-7,9,11,15,17-18,21,25H,5,8,10,12-14H2,1H3,(H,22,26). The Morgan fingerprint density at radius 3 is 2.88 bits per heavy atom. The molecule has 1 aliphatic rings. The highest BCUT2D eigenvalue weighted by Crippen LogP contribution is 2.21. The number of hydrogen-bond donors (Lipinski definition) is 3. The lowest BCUT2D eigenvalue weighted by molar-refractivity contribution is 0.0939. The predicted molar refractivity (Wildman–Crippen MR) is 101 cm³/mol. The van der Waals surface area contributed by atoms with Gasteiger partial charge in [-0.2, -0.15) is 5.10 Å². The van der Waals surface area contributed by atoms with Crippen LogP contribution in [0.2, 0.25) is 0 Å². The average Bonchev–Trinajstić information content (AvgIpc) is 3.16. The van der Waals surface area contributed by atoms with Crippen LogP contribution >= 0.6 is 0 Å². The van der Waals surface area contributed by atoms with Crippen molar-refractivity contribution < 1.29 is 9.90 Å². The van der Waals surface area contributed by atoms with Gasteiger partial charge in [0.1, 0.15) is 5.69 Å². The van der Waals surface area contributed by atoms with Crippen LogP contribution in [-0.2, 0) is 0 Å². The fourth-order valence-corrected chi connectivity index (χ4v) is 3.50. The quantitative estimate of drug-likeness (QED) is 0.710. The van der Waals surface area contributed by atoms with Gasteiger partial charge in [0, 0.05) is 25.2 Å². The molecule has 6 heteroatoms. The summed E-state index contributed by atoms with van der Waals surface area (Å²) in [6.07, 6.45) is 4.28. The van der Waals surface area contributed by atoms with Gasteiger partial charge in [-0.15, -0.1) is 0 Å². The van der Waals surface area contributed by atoms with Gasteiger partial charge in [0.2, 0.25) is 0 Å². The average molecular weight is 356 g/mol. The van der Waals surface area contributed by atoms with Crippen molar-refractivity contribution in [2.24, 2.45) is 0 Å². The first-order valence-corrected chi connectivity index (χ1v) is 9.40. The Kier molecular flexibility index (Phi) is 6.41. The summed E-state index contributed by atoms with van der Waals surface area (Å²) in [4.78, 5) is 12.5. The number of carbonyl (C=O) groups excluding carboxylic acids is 1. The molecule has 26 heavy (non-hydrogen) atoms. The zero-order valence-electron chi connectivity index (χ0n) is 15.3. The molecule has 3 atom stereocenters. The van der Waals surface area contributed by atoms with E-state index in [0.29, 0.717) is 24.7 Å². The molecule has 1 aromatic carbocycles. The predicted octanol–water partition coefficient (Wildman–Crippen LogP) is 2.09. The van der Waals surface area contributed by atoms with Crippen LogP contribution < -0.4 is 10.6 Å². The second kappa shape index (κ2) is 8.96. The number of aromatic nitrogens is 2. The number of hydrogen-bond acceptors (Lipinski definition) is 4. The molecule has 1 aliphatic heterocycles. The second-order valence-electron chi connectivity index (χ2n) is 7.08. The summed E-state index contributed by atoms with van der Waals surface area (Å²) < 4.78 is 1.89. The number of nitrogens with one attached hydrogen (secondary N) is 2. The van der Waals surface area contributed by atoms with Crippen LogP contribution in [0.4, 0.5) is 0 Å². The fourth-order valence-electron chi connectivity index (χ4n) is 3.50. The minimum absolute atomic E-state index is 0.0739. The van der Waals surface area contributed by atoms with Crippen LogP contribution in [0.3, 0.4) is 0 Å². The molecule has 1 saturated heterocycles. The first kappa shape index (κ1) is 18.6. The summed E-state index contributed by atoms with van der Waals surface area (Å²) in [5.41, 5.74) is 1.56. The second-order valence-corrected chi connectivity index (χ2v) is 7.08. The Bertz CT molecular complexity index is 693. The van der Waals surface area contributed by atoms with Gasteiger partial charge in [-0.25, -0.2) is 0 Å². The number of aliphatic hydroxyl groups excluding tert-OH is 1. The lowest BCUT2D eigenvalue weighted by Crippen LogP contribution is -2.32. The van der Waals surface area contributed by atoms with Crippen LogP contribution in [0.1, 0.15) is 54.2 Å². The molecule has 3 unspecified atom stereocenters. The van der Waals surface area contributed by atoms with E-state index in [1.807, 2.05) is 41.2 Å². The Labute approximate surface area is 154 Å². The van der Waals surface area contributed by atoms with Gasteiger partial charge >= 0.3 is 0 Å². The van der Waals surface area contributed by atoms with Crippen LogP contribution in [0.5, 0.6) is 0 Å². The topological polar surface area (TPSA) is 79.2 Å². The number of amides is 1. The molecule has 1 amide bonds. The van der Waals surface area contributed by atoms with E-state index < -0.39 is 6.10 Å². The minimum Gasteiger partial charge on any atom is -0.393 e. The Hall–Kier alpha value is -2.18. The van der Waals surface area contributed by atoms with Crippen molar-refractivity contribution in [1.29, 1.82) is 0 Å². The lowest BCUT2D eigenvalue weighted by atomic mass is 9.93. The van der Waals surface area contributed by atoms with E-state index in [2.05, 4.69) is 15.7 Å². The van der Waals surface area contributed by atoms with Crippen molar-refractivity contribution in [3.63, 3.8) is 0 Å². The third-order valence-corrected chi connectivity index (χ3v) is 4.89. The van der Waals surface area contributed by atoms with E-state index >= 15 is 0 Å². The lowest BCUT2D eigenvalue weighted by Gasteiger charge is -2.23. The van der Waals surface area contributed by atoms with Crippen molar-refractivity contribution in [2.75, 3.05) is 19.6 Å². The molecule has 1 aromatic heterocycles. The zero-order chi connectivity index (χ0) is 18.4. The number of piperidine rings is 1. The van der Waals surface area contributed by atoms with Crippen LogP contribution in [0, 0.1) is 0 Å². The molecule has 3 rings (SSSR count). The number of nitrogens with zero attached hydrogens (tertiary/aromatic N) is 2. The van der Waals surface area contributed by atoms with E-state index in [-0.39, 0.29) is 11.8 Å². The van der Waals surface area contributed by atoms with Crippen molar-refractivity contribution in [3.05, 3.63) is 53.9 Å². The monoisotopic (exact) mass is 356 g/mol. The summed E-state index contributed by atoms with van der Waals surface area (Å²) in [7, 11) is 0. The van der Waals surface area contributed by atoms with Crippen LogP contribution in [0.25, 0.3) is 0 Å². The van der Waals surface area contributed by atoms with E-state index in [9.17, 15) is 9.90 Å². The van der Waals surface area contributed by atoms with E-state index in [4.69, 9.17) is 0 Å². The minimum atomic E-state index is -0.421. The molecule has 6 nitrogen and oxygen atoms in total. The van der Waals surface area contributed by atoms with Gasteiger partial charge in [-0.1, -0.05) is 30.3 Å². The van der Waals surface area contributed by atoms with Gasteiger partial charge in [0.25, 0.3) is 5.91 Å². The number of rotatable bonds is 7. The summed E-state index contributed by atoms with van der Waals surface area (Å²) in [5.74, 6) is -0.0937. The molecule has 2 aromatic rings. The van der Waals surface area contributed by atoms with Crippen LogP contribution in [0.15, 0.2) is 42.6 Å². The number of carbonyl (C=O) groups is 1. The first-order valence-electron chi connectivity index (χ1n) is 9.40. The third-order valence-electron chi connectivity index (χ3n) is 4.89. The SMILES string of the molecule is CC(O)CC(CNC(=O)c1ccn(C2CCCNC2)n1)c1ccccc1. The van der Waals surface area contributed by atoms with Gasteiger partial charge in [0.05, 0.1) is 12.1 Å². The normalized spacial score (nSPS) is 19.7. The zero-order valence-corrected chi connectivity index (χ0v) is 15.3. The van der Waals surface area contributed by atoms with Gasteiger partial charge in [-0.3, -0.25) is 9.48 Å². The van der Waals surface area contributed by atoms with Gasteiger partial charge in [-0.05, 0) is 44.4 Å². The van der Waals surface area contributed by atoms with E-state index in [0.717, 1.165) is 31.5 Å². The molecule has 3 N–H and O–H groups in total. The van der Waals surface area contributed by atoms with E-state index in [1.54, 1.807) is 13.0 Å². The van der Waals surface area contributed by atoms with Gasteiger partial charge < -0.3 is 15.7 Å². The molecule has 1 fully saturated rings. The molecule has 0 bridgehead atoms. The maximum absolute atomic E-state index is 12.5. The molecule has 2 heterocycles. The van der Waals surface area contributed by atoms with E-state index in [1.165, 1.54) is 0 Å².